The molecule has 0 amide bonds. The number of hydrogen-bond donors (Lipinski definition) is 1. The van der Waals surface area contributed by atoms with Gasteiger partial charge in [0.25, 0.3) is 0 Å². The van der Waals surface area contributed by atoms with E-state index in [4.69, 9.17) is 9.47 Å². The predicted molar refractivity (Wildman–Crippen MR) is 43.4 cm³/mol. The summed E-state index contributed by atoms with van der Waals surface area (Å²) in [6.07, 6.45) is 1.42. The summed E-state index contributed by atoms with van der Waals surface area (Å²) in [5, 5.41) is 3.24. The van der Waals surface area contributed by atoms with E-state index in [1.54, 1.807) is 0 Å². The van der Waals surface area contributed by atoms with Gasteiger partial charge in [0, 0.05) is 13.2 Å². The Hall–Kier alpha value is -0.120. The zero-order chi connectivity index (χ0) is 8.10. The van der Waals surface area contributed by atoms with Crippen LogP contribution in [0.4, 0.5) is 0 Å². The van der Waals surface area contributed by atoms with Crippen LogP contribution in [0, 0.1) is 0 Å². The molecule has 0 bridgehead atoms. The minimum atomic E-state index is -0.0510. The molecule has 0 aromatic carbocycles. The molecule has 1 aliphatic rings. The molecule has 1 rings (SSSR count). The van der Waals surface area contributed by atoms with Crippen molar-refractivity contribution in [2.75, 3.05) is 19.7 Å². The molecule has 1 saturated heterocycles. The van der Waals surface area contributed by atoms with E-state index in [9.17, 15) is 0 Å². The van der Waals surface area contributed by atoms with Crippen LogP contribution in [0.1, 0.15) is 20.3 Å². The van der Waals surface area contributed by atoms with E-state index in [0.29, 0.717) is 6.10 Å². The van der Waals surface area contributed by atoms with Crippen LogP contribution in [-0.2, 0) is 9.47 Å². The van der Waals surface area contributed by atoms with Crippen molar-refractivity contribution < 1.29 is 9.47 Å². The third-order valence-corrected chi connectivity index (χ3v) is 1.80. The van der Waals surface area contributed by atoms with E-state index in [0.717, 1.165) is 26.1 Å². The minimum absolute atomic E-state index is 0.0510. The lowest BCUT2D eigenvalue weighted by Crippen LogP contribution is -2.24. The Morgan fingerprint density at radius 3 is 3.00 bits per heavy atom. The van der Waals surface area contributed by atoms with Gasteiger partial charge in [-0.2, -0.15) is 0 Å². The van der Waals surface area contributed by atoms with E-state index in [2.05, 4.69) is 5.32 Å². The van der Waals surface area contributed by atoms with Crippen LogP contribution in [-0.4, -0.2) is 32.1 Å². The van der Waals surface area contributed by atoms with Crippen molar-refractivity contribution in [3.63, 3.8) is 0 Å². The number of rotatable bonds is 4. The van der Waals surface area contributed by atoms with E-state index in [1.807, 2.05) is 13.8 Å². The molecule has 0 spiro atoms. The Bertz CT molecular complexity index is 102. The van der Waals surface area contributed by atoms with Gasteiger partial charge in [0.05, 0.1) is 6.10 Å². The molecule has 3 nitrogen and oxygen atoms in total. The molecule has 0 saturated carbocycles. The summed E-state index contributed by atoms with van der Waals surface area (Å²) in [5.41, 5.74) is 0. The molecule has 0 radical (unpaired) electrons. The molecule has 66 valence electrons. The predicted octanol–water partition coefficient (Wildman–Crippen LogP) is 0.747. The molecule has 1 aliphatic heterocycles. The van der Waals surface area contributed by atoms with Gasteiger partial charge < -0.3 is 14.8 Å². The Morgan fingerprint density at radius 1 is 1.64 bits per heavy atom. The quantitative estimate of drug-likeness (QED) is 0.614. The van der Waals surface area contributed by atoms with E-state index in [-0.39, 0.29) is 6.29 Å². The SMILES string of the molecule is CCOC(C)O[C@H]1CCNC1. The average Bonchev–Trinajstić information content (AvgIpc) is 2.40. The maximum Gasteiger partial charge on any atom is 0.155 e. The molecule has 1 heterocycles. The third-order valence-electron chi connectivity index (χ3n) is 1.80. The molecule has 0 aromatic rings. The second kappa shape index (κ2) is 4.70. The normalized spacial score (nSPS) is 27.3. The van der Waals surface area contributed by atoms with Crippen molar-refractivity contribution in [2.24, 2.45) is 0 Å². The Morgan fingerprint density at radius 2 is 2.45 bits per heavy atom. The summed E-state index contributed by atoms with van der Waals surface area (Å²) in [6, 6.07) is 0. The minimum Gasteiger partial charge on any atom is -0.353 e. The van der Waals surface area contributed by atoms with Gasteiger partial charge in [0.15, 0.2) is 6.29 Å². The molecule has 0 aliphatic carbocycles. The highest BCUT2D eigenvalue weighted by Crippen LogP contribution is 2.06. The summed E-state index contributed by atoms with van der Waals surface area (Å²) in [5.74, 6) is 0. The van der Waals surface area contributed by atoms with Gasteiger partial charge in [-0.1, -0.05) is 0 Å². The second-order valence-electron chi connectivity index (χ2n) is 2.77. The van der Waals surface area contributed by atoms with Crippen molar-refractivity contribution in [3.05, 3.63) is 0 Å². The van der Waals surface area contributed by atoms with Crippen LogP contribution in [0.2, 0.25) is 0 Å². The standard InChI is InChI=1S/C8H17NO2/c1-3-10-7(2)11-8-4-5-9-6-8/h7-9H,3-6H2,1-2H3/t7?,8-/m0/s1. The van der Waals surface area contributed by atoms with Crippen molar-refractivity contribution in [1.82, 2.24) is 5.32 Å². The monoisotopic (exact) mass is 159 g/mol. The molecular formula is C8H17NO2. The lowest BCUT2D eigenvalue weighted by molar-refractivity contribution is -0.152. The molecule has 1 unspecified atom stereocenters. The highest BCUT2D eigenvalue weighted by Gasteiger charge is 2.17. The van der Waals surface area contributed by atoms with Gasteiger partial charge in [-0.3, -0.25) is 0 Å². The summed E-state index contributed by atoms with van der Waals surface area (Å²) >= 11 is 0. The Kier molecular flexibility index (Phi) is 3.83. The highest BCUT2D eigenvalue weighted by molar-refractivity contribution is 4.70. The van der Waals surface area contributed by atoms with Crippen LogP contribution < -0.4 is 5.32 Å². The fourth-order valence-electron chi connectivity index (χ4n) is 1.29. The van der Waals surface area contributed by atoms with Crippen LogP contribution in [0.5, 0.6) is 0 Å². The van der Waals surface area contributed by atoms with E-state index < -0.39 is 0 Å². The summed E-state index contributed by atoms with van der Waals surface area (Å²) < 4.78 is 10.8. The molecule has 1 N–H and O–H groups in total. The van der Waals surface area contributed by atoms with Crippen molar-refractivity contribution >= 4 is 0 Å². The fraction of sp³-hybridized carbons (Fsp3) is 1.00. The number of nitrogens with one attached hydrogen (secondary N) is 1. The molecule has 3 heteroatoms. The first-order valence-corrected chi connectivity index (χ1v) is 4.30. The highest BCUT2D eigenvalue weighted by atomic mass is 16.7. The number of ether oxygens (including phenoxy) is 2. The van der Waals surface area contributed by atoms with Gasteiger partial charge in [0.1, 0.15) is 0 Å². The fourth-order valence-corrected chi connectivity index (χ4v) is 1.29. The lowest BCUT2D eigenvalue weighted by atomic mass is 10.3. The van der Waals surface area contributed by atoms with E-state index >= 15 is 0 Å². The van der Waals surface area contributed by atoms with Gasteiger partial charge in [0.2, 0.25) is 0 Å². The smallest absolute Gasteiger partial charge is 0.155 e. The maximum atomic E-state index is 5.57. The maximum absolute atomic E-state index is 5.57. The summed E-state index contributed by atoms with van der Waals surface area (Å²) in [4.78, 5) is 0. The summed E-state index contributed by atoms with van der Waals surface area (Å²) in [7, 11) is 0. The number of hydrogen-bond acceptors (Lipinski definition) is 3. The van der Waals surface area contributed by atoms with Crippen LogP contribution in [0.15, 0.2) is 0 Å². The zero-order valence-corrected chi connectivity index (χ0v) is 7.30. The molecule has 0 aromatic heterocycles. The topological polar surface area (TPSA) is 30.5 Å². The van der Waals surface area contributed by atoms with Crippen molar-refractivity contribution in [1.29, 1.82) is 0 Å². The van der Waals surface area contributed by atoms with Crippen LogP contribution in [0.25, 0.3) is 0 Å². The first-order chi connectivity index (χ1) is 5.33. The van der Waals surface area contributed by atoms with Gasteiger partial charge >= 0.3 is 0 Å². The van der Waals surface area contributed by atoms with Gasteiger partial charge in [-0.25, -0.2) is 0 Å². The van der Waals surface area contributed by atoms with Crippen LogP contribution in [0.3, 0.4) is 0 Å². The van der Waals surface area contributed by atoms with Crippen molar-refractivity contribution in [3.8, 4) is 0 Å². The first kappa shape index (κ1) is 8.97. The average molecular weight is 159 g/mol. The van der Waals surface area contributed by atoms with Crippen molar-refractivity contribution in [2.45, 2.75) is 32.7 Å². The first-order valence-electron chi connectivity index (χ1n) is 4.30. The molecule has 2 atom stereocenters. The Labute approximate surface area is 68.1 Å². The second-order valence-corrected chi connectivity index (χ2v) is 2.77. The van der Waals surface area contributed by atoms with Gasteiger partial charge in [-0.05, 0) is 26.8 Å². The van der Waals surface area contributed by atoms with Crippen LogP contribution >= 0.6 is 0 Å². The lowest BCUT2D eigenvalue weighted by Gasteiger charge is -2.17. The molecule has 1 fully saturated rings. The molecule has 11 heavy (non-hydrogen) atoms. The Balaban J connectivity index is 2.08. The zero-order valence-electron chi connectivity index (χ0n) is 7.30. The van der Waals surface area contributed by atoms with E-state index in [1.165, 1.54) is 0 Å². The largest absolute Gasteiger partial charge is 0.353 e. The third kappa shape index (κ3) is 3.18. The summed E-state index contributed by atoms with van der Waals surface area (Å²) in [6.45, 7) is 6.69. The van der Waals surface area contributed by atoms with Gasteiger partial charge in [-0.15, -0.1) is 0 Å². The molecular weight excluding hydrogens is 142 g/mol.